The molecule has 19 heavy (non-hydrogen) atoms. The summed E-state index contributed by atoms with van der Waals surface area (Å²) in [5.41, 5.74) is 0. The van der Waals surface area contributed by atoms with Crippen molar-refractivity contribution in [2.75, 3.05) is 38.8 Å². The highest BCUT2D eigenvalue weighted by atomic mass is 32.2. The minimum atomic E-state index is -1.05. The van der Waals surface area contributed by atoms with E-state index in [0.717, 1.165) is 30.9 Å². The number of amides is 1. The summed E-state index contributed by atoms with van der Waals surface area (Å²) in [4.78, 5) is 45.2. The fourth-order valence-corrected chi connectivity index (χ4v) is 1.62. The van der Waals surface area contributed by atoms with Gasteiger partial charge in [-0.25, -0.2) is 0 Å². The van der Waals surface area contributed by atoms with Gasteiger partial charge in [-0.15, -0.1) is 11.8 Å². The Morgan fingerprint density at radius 3 is 1.84 bits per heavy atom. The Labute approximate surface area is 114 Å². The van der Waals surface area contributed by atoms with Crippen molar-refractivity contribution < 1.29 is 33.8 Å². The van der Waals surface area contributed by atoms with E-state index in [1.165, 1.54) is 0 Å². The molecular weight excluding hydrogens is 278 g/mol. The predicted molar refractivity (Wildman–Crippen MR) is 65.6 cm³/mol. The number of ether oxygens (including phenoxy) is 2. The van der Waals surface area contributed by atoms with E-state index in [2.05, 4.69) is 9.47 Å². The zero-order chi connectivity index (χ0) is 14.8. The standard InChI is InChI=1S/C10H15NO7S/c1-17-9(15)3-11(4-10(16)18-2)7(12)5-19-6-8(13)14/h3-6H2,1-2H3,(H,13,14). The number of carboxylic acids is 1. The van der Waals surface area contributed by atoms with E-state index in [4.69, 9.17) is 5.11 Å². The SMILES string of the molecule is COC(=O)CN(CC(=O)OC)C(=O)CSCC(=O)O. The van der Waals surface area contributed by atoms with Crippen molar-refractivity contribution in [2.45, 2.75) is 0 Å². The smallest absolute Gasteiger partial charge is 0.325 e. The van der Waals surface area contributed by atoms with Crippen LogP contribution in [0.4, 0.5) is 0 Å². The van der Waals surface area contributed by atoms with Crippen LogP contribution in [0.1, 0.15) is 0 Å². The molecule has 0 fully saturated rings. The normalized spacial score (nSPS) is 9.58. The number of nitrogens with zero attached hydrogens (tertiary/aromatic N) is 1. The molecule has 0 saturated heterocycles. The number of aliphatic carboxylic acids is 1. The summed E-state index contributed by atoms with van der Waals surface area (Å²) in [5.74, 6) is -3.34. The molecule has 9 heteroatoms. The Hall–Kier alpha value is -1.77. The molecule has 0 aromatic rings. The van der Waals surface area contributed by atoms with Gasteiger partial charge in [-0.1, -0.05) is 0 Å². The van der Waals surface area contributed by atoms with Gasteiger partial charge < -0.3 is 19.5 Å². The molecule has 1 amide bonds. The predicted octanol–water partition coefficient (Wildman–Crippen LogP) is -1.02. The van der Waals surface area contributed by atoms with E-state index >= 15 is 0 Å². The number of carbonyl (C=O) groups excluding carboxylic acids is 3. The summed E-state index contributed by atoms with van der Waals surface area (Å²) in [5, 5.41) is 8.44. The van der Waals surface area contributed by atoms with Gasteiger partial charge in [-0.3, -0.25) is 19.2 Å². The van der Waals surface area contributed by atoms with Crippen LogP contribution < -0.4 is 0 Å². The molecule has 0 rings (SSSR count). The number of hydrogen-bond donors (Lipinski definition) is 1. The quantitative estimate of drug-likeness (QED) is 0.566. The van der Waals surface area contributed by atoms with Crippen LogP contribution in [0.2, 0.25) is 0 Å². The van der Waals surface area contributed by atoms with Gasteiger partial charge in [0.25, 0.3) is 0 Å². The lowest BCUT2D eigenvalue weighted by Crippen LogP contribution is -2.41. The molecule has 0 radical (unpaired) electrons. The van der Waals surface area contributed by atoms with Gasteiger partial charge >= 0.3 is 17.9 Å². The number of esters is 2. The van der Waals surface area contributed by atoms with Crippen molar-refractivity contribution >= 4 is 35.6 Å². The summed E-state index contributed by atoms with van der Waals surface area (Å²) in [7, 11) is 2.31. The average Bonchev–Trinajstić information content (AvgIpc) is 2.36. The molecule has 108 valence electrons. The second kappa shape index (κ2) is 9.20. The highest BCUT2D eigenvalue weighted by Gasteiger charge is 2.21. The molecule has 0 aromatic heterocycles. The van der Waals surface area contributed by atoms with Crippen LogP contribution in [-0.4, -0.2) is 72.6 Å². The lowest BCUT2D eigenvalue weighted by molar-refractivity contribution is -0.151. The van der Waals surface area contributed by atoms with E-state index in [-0.39, 0.29) is 11.5 Å². The highest BCUT2D eigenvalue weighted by Crippen LogP contribution is 2.03. The number of carboxylic acid groups (broad SMARTS) is 1. The average molecular weight is 293 g/mol. The number of rotatable bonds is 8. The van der Waals surface area contributed by atoms with Gasteiger partial charge in [0.15, 0.2) is 0 Å². The maximum Gasteiger partial charge on any atom is 0.325 e. The molecule has 0 atom stereocenters. The highest BCUT2D eigenvalue weighted by molar-refractivity contribution is 8.00. The second-order valence-corrected chi connectivity index (χ2v) is 4.27. The van der Waals surface area contributed by atoms with Crippen LogP contribution in [0.5, 0.6) is 0 Å². The Morgan fingerprint density at radius 1 is 1.00 bits per heavy atom. The molecule has 0 heterocycles. The molecule has 8 nitrogen and oxygen atoms in total. The van der Waals surface area contributed by atoms with E-state index in [1.54, 1.807) is 0 Å². The Morgan fingerprint density at radius 2 is 1.47 bits per heavy atom. The minimum Gasteiger partial charge on any atom is -0.481 e. The first kappa shape index (κ1) is 17.2. The first-order chi connectivity index (χ1) is 8.90. The molecule has 0 spiro atoms. The Balaban J connectivity index is 4.44. The van der Waals surface area contributed by atoms with Crippen molar-refractivity contribution in [3.8, 4) is 0 Å². The number of methoxy groups -OCH3 is 2. The minimum absolute atomic E-state index is 0.152. The maximum absolute atomic E-state index is 11.7. The van der Waals surface area contributed by atoms with Gasteiger partial charge in [0.2, 0.25) is 5.91 Å². The summed E-state index contributed by atoms with van der Waals surface area (Å²) in [6, 6.07) is 0. The zero-order valence-electron chi connectivity index (χ0n) is 10.6. The van der Waals surface area contributed by atoms with Gasteiger partial charge in [-0.05, 0) is 0 Å². The van der Waals surface area contributed by atoms with Crippen LogP contribution in [0.25, 0.3) is 0 Å². The topological polar surface area (TPSA) is 110 Å². The molecule has 0 bridgehead atoms. The third-order valence-corrected chi connectivity index (χ3v) is 2.80. The van der Waals surface area contributed by atoms with E-state index < -0.39 is 36.9 Å². The largest absolute Gasteiger partial charge is 0.481 e. The molecular formula is C10H15NO7S. The van der Waals surface area contributed by atoms with Crippen LogP contribution in [0, 0.1) is 0 Å². The van der Waals surface area contributed by atoms with Crippen molar-refractivity contribution in [1.82, 2.24) is 4.90 Å². The van der Waals surface area contributed by atoms with Crippen LogP contribution >= 0.6 is 11.8 Å². The first-order valence-electron chi connectivity index (χ1n) is 5.11. The summed E-state index contributed by atoms with van der Waals surface area (Å²) in [6.45, 7) is -0.782. The maximum atomic E-state index is 11.7. The summed E-state index contributed by atoms with van der Waals surface area (Å²) >= 11 is 0.872. The Kier molecular flexibility index (Phi) is 8.34. The first-order valence-corrected chi connectivity index (χ1v) is 6.27. The second-order valence-electron chi connectivity index (χ2n) is 3.29. The van der Waals surface area contributed by atoms with Crippen LogP contribution in [-0.2, 0) is 28.7 Å². The van der Waals surface area contributed by atoms with Crippen molar-refractivity contribution in [2.24, 2.45) is 0 Å². The van der Waals surface area contributed by atoms with E-state index in [0.29, 0.717) is 0 Å². The van der Waals surface area contributed by atoms with Crippen molar-refractivity contribution in [3.63, 3.8) is 0 Å². The van der Waals surface area contributed by atoms with Crippen LogP contribution in [0.15, 0.2) is 0 Å². The van der Waals surface area contributed by atoms with Gasteiger partial charge in [0.05, 0.1) is 25.7 Å². The third kappa shape index (κ3) is 8.03. The zero-order valence-corrected chi connectivity index (χ0v) is 11.4. The number of thioether (sulfide) groups is 1. The number of carbonyl (C=O) groups is 4. The lowest BCUT2D eigenvalue weighted by Gasteiger charge is -2.19. The van der Waals surface area contributed by atoms with E-state index in [9.17, 15) is 19.2 Å². The number of hydrogen-bond acceptors (Lipinski definition) is 7. The summed E-state index contributed by atoms with van der Waals surface area (Å²) in [6.07, 6.45) is 0. The molecule has 0 unspecified atom stereocenters. The monoisotopic (exact) mass is 293 g/mol. The van der Waals surface area contributed by atoms with E-state index in [1.807, 2.05) is 0 Å². The van der Waals surface area contributed by atoms with Gasteiger partial charge in [-0.2, -0.15) is 0 Å². The van der Waals surface area contributed by atoms with Crippen molar-refractivity contribution in [3.05, 3.63) is 0 Å². The molecule has 0 aromatic carbocycles. The molecule has 0 aliphatic carbocycles. The van der Waals surface area contributed by atoms with Crippen molar-refractivity contribution in [1.29, 1.82) is 0 Å². The van der Waals surface area contributed by atoms with Gasteiger partial charge in [0.1, 0.15) is 13.1 Å². The fraction of sp³-hybridized carbons (Fsp3) is 0.600. The molecule has 0 aliphatic heterocycles. The Bertz CT molecular complexity index is 340. The molecule has 0 aliphatic rings. The lowest BCUT2D eigenvalue weighted by atomic mass is 10.4. The van der Waals surface area contributed by atoms with Gasteiger partial charge in [0, 0.05) is 0 Å². The molecule has 0 saturated carbocycles. The van der Waals surface area contributed by atoms with Crippen LogP contribution in [0.3, 0.4) is 0 Å². The fourth-order valence-electron chi connectivity index (χ4n) is 0.990. The molecule has 1 N–H and O–H groups in total. The third-order valence-electron chi connectivity index (χ3n) is 1.90. The summed E-state index contributed by atoms with van der Waals surface area (Å²) < 4.78 is 8.81.